The molecular formula is C70H41NOS2. The number of rotatable bonds is 3. The fraction of sp³-hybridized carbons (Fsp3) is 0.0286. The van der Waals surface area contributed by atoms with Gasteiger partial charge in [-0.3, -0.25) is 0 Å². The molecule has 344 valence electrons. The molecule has 4 heteroatoms. The van der Waals surface area contributed by atoms with Gasteiger partial charge < -0.3 is 9.64 Å². The lowest BCUT2D eigenvalue weighted by atomic mass is 9.65. The van der Waals surface area contributed by atoms with E-state index in [0.717, 1.165) is 44.9 Å². The van der Waals surface area contributed by atoms with Gasteiger partial charge >= 0.3 is 0 Å². The van der Waals surface area contributed by atoms with E-state index in [0.29, 0.717) is 0 Å². The Morgan fingerprint density at radius 3 is 1.57 bits per heavy atom. The first kappa shape index (κ1) is 40.9. The largest absolute Gasteiger partial charge is 0.456 e. The van der Waals surface area contributed by atoms with Crippen LogP contribution in [-0.2, 0) is 10.8 Å². The minimum Gasteiger partial charge on any atom is -0.456 e. The molecule has 17 rings (SSSR count). The molecule has 12 aromatic carbocycles. The maximum absolute atomic E-state index is 7.50. The summed E-state index contributed by atoms with van der Waals surface area (Å²) in [6.45, 7) is 0. The second-order valence-electron chi connectivity index (χ2n) is 20.2. The predicted molar refractivity (Wildman–Crippen MR) is 308 cm³/mol. The summed E-state index contributed by atoms with van der Waals surface area (Å²) in [7, 11) is 0. The number of hydrogen-bond acceptors (Lipinski definition) is 4. The quantitative estimate of drug-likeness (QED) is 0.175. The summed E-state index contributed by atoms with van der Waals surface area (Å²) in [5.74, 6) is 1.77. The molecular weight excluding hydrogens is 935 g/mol. The molecule has 2 nitrogen and oxygen atoms in total. The summed E-state index contributed by atoms with van der Waals surface area (Å²) >= 11 is 3.76. The van der Waals surface area contributed by atoms with Crippen LogP contribution in [0, 0.1) is 0 Å². The molecule has 74 heavy (non-hydrogen) atoms. The predicted octanol–water partition coefficient (Wildman–Crippen LogP) is 19.1. The van der Waals surface area contributed by atoms with E-state index in [1.165, 1.54) is 102 Å². The van der Waals surface area contributed by atoms with Crippen molar-refractivity contribution < 1.29 is 4.74 Å². The molecule has 4 aliphatic rings. The van der Waals surface area contributed by atoms with E-state index in [9.17, 15) is 0 Å². The first-order valence-electron chi connectivity index (χ1n) is 25.5. The minimum atomic E-state index is -0.608. The van der Waals surface area contributed by atoms with Gasteiger partial charge in [0, 0.05) is 63.9 Å². The lowest BCUT2D eigenvalue weighted by molar-refractivity contribution is 0.442. The zero-order valence-electron chi connectivity index (χ0n) is 39.8. The van der Waals surface area contributed by atoms with Crippen molar-refractivity contribution in [3.63, 3.8) is 0 Å². The number of nitrogens with zero attached hydrogens (tertiary/aromatic N) is 1. The zero-order chi connectivity index (χ0) is 48.3. The van der Waals surface area contributed by atoms with E-state index in [-0.39, 0.29) is 0 Å². The maximum Gasteiger partial charge on any atom is 0.140 e. The number of anilines is 3. The second kappa shape index (κ2) is 15.0. The molecule has 2 spiro atoms. The van der Waals surface area contributed by atoms with Crippen LogP contribution in [0.4, 0.5) is 17.1 Å². The highest BCUT2D eigenvalue weighted by Gasteiger charge is 2.53. The first-order chi connectivity index (χ1) is 36.7. The minimum absolute atomic E-state index is 0.574. The zero-order valence-corrected chi connectivity index (χ0v) is 41.5. The third kappa shape index (κ3) is 5.21. The summed E-state index contributed by atoms with van der Waals surface area (Å²) < 4.78 is 10.0. The van der Waals surface area contributed by atoms with E-state index >= 15 is 0 Å². The number of hydrogen-bond donors (Lipinski definition) is 0. The van der Waals surface area contributed by atoms with Crippen LogP contribution < -0.4 is 9.64 Å². The standard InChI is InChI=1S/C70H41NOS2/c1-2-18-44-39-66-59(38-43(44)17-1)70(55-27-12-7-22-50(55)51-23-8-13-28-56(51)70)60-40-45(34-37-64(60)74-66)71(61-29-15-31-65-67(61)52-24-9-14-30-63(52)73-65)46-33-36-57-62(41-46)72-68-47-19-4-3-16-42(47)32-35-58(68)69(57)53-25-10-5-20-48(53)49-21-6-11-26-54(49)69/h1-41H. The van der Waals surface area contributed by atoms with Gasteiger partial charge in [-0.05, 0) is 126 Å². The van der Waals surface area contributed by atoms with Gasteiger partial charge in [0.15, 0.2) is 0 Å². The van der Waals surface area contributed by atoms with E-state index in [1.54, 1.807) is 0 Å². The molecule has 2 aliphatic carbocycles. The van der Waals surface area contributed by atoms with Gasteiger partial charge in [-0.15, -0.1) is 11.3 Å². The van der Waals surface area contributed by atoms with Crippen LogP contribution >= 0.6 is 23.1 Å². The molecule has 0 fully saturated rings. The fourth-order valence-electron chi connectivity index (χ4n) is 13.8. The average molecular weight is 976 g/mol. The van der Waals surface area contributed by atoms with Gasteiger partial charge in [-0.25, -0.2) is 0 Å². The summed E-state index contributed by atoms with van der Waals surface area (Å²) in [5.41, 5.74) is 17.3. The Balaban J connectivity index is 0.961. The van der Waals surface area contributed by atoms with Crippen molar-refractivity contribution in [2.24, 2.45) is 0 Å². The SMILES string of the molecule is c1ccc2c(c1)-c1ccccc1C21c2cc(N(c3ccc4c(c3)Oc3c(ccc5ccccc35)C43c4ccccc4-c4ccccc43)c3cccc4sc5ccccc5c34)ccc2Sc2cc3ccccc3cc21. The van der Waals surface area contributed by atoms with Crippen LogP contribution in [0.1, 0.15) is 44.5 Å². The Kier molecular flexibility index (Phi) is 8.26. The molecule has 0 saturated heterocycles. The van der Waals surface area contributed by atoms with Crippen LogP contribution in [0.25, 0.3) is 64.0 Å². The van der Waals surface area contributed by atoms with Crippen LogP contribution in [0.5, 0.6) is 11.5 Å². The third-order valence-electron chi connectivity index (χ3n) is 16.7. The molecule has 0 N–H and O–H groups in total. The molecule has 0 bridgehead atoms. The number of benzene rings is 12. The first-order valence-corrected chi connectivity index (χ1v) is 27.1. The summed E-state index contributed by atoms with van der Waals surface area (Å²) in [6, 6.07) is 93.4. The van der Waals surface area contributed by atoms with Crippen molar-refractivity contribution in [3.05, 3.63) is 293 Å². The summed E-state index contributed by atoms with van der Waals surface area (Å²) in [5, 5.41) is 7.27. The number of fused-ring (bicyclic) bond motifs is 24. The summed E-state index contributed by atoms with van der Waals surface area (Å²) in [6.07, 6.45) is 0. The van der Waals surface area contributed by atoms with E-state index in [1.807, 2.05) is 23.1 Å². The Hall–Kier alpha value is -8.67. The molecule has 3 heterocycles. The van der Waals surface area contributed by atoms with Crippen molar-refractivity contribution in [1.29, 1.82) is 0 Å². The van der Waals surface area contributed by atoms with Crippen LogP contribution in [0.3, 0.4) is 0 Å². The Bertz CT molecular complexity index is 4510. The molecule has 2 aliphatic heterocycles. The van der Waals surface area contributed by atoms with Crippen molar-refractivity contribution in [1.82, 2.24) is 0 Å². The molecule has 0 saturated carbocycles. The van der Waals surface area contributed by atoms with Crippen molar-refractivity contribution in [2.75, 3.05) is 4.90 Å². The van der Waals surface area contributed by atoms with Crippen LogP contribution in [0.15, 0.2) is 259 Å². The van der Waals surface area contributed by atoms with Crippen molar-refractivity contribution in [3.8, 4) is 33.8 Å². The molecule has 1 aromatic heterocycles. The van der Waals surface area contributed by atoms with Gasteiger partial charge in [0.25, 0.3) is 0 Å². The van der Waals surface area contributed by atoms with Gasteiger partial charge in [-0.2, -0.15) is 0 Å². The lowest BCUT2D eigenvalue weighted by Gasteiger charge is -2.41. The Labute approximate surface area is 436 Å². The van der Waals surface area contributed by atoms with Crippen molar-refractivity contribution in [2.45, 2.75) is 20.6 Å². The summed E-state index contributed by atoms with van der Waals surface area (Å²) in [4.78, 5) is 5.08. The smallest absolute Gasteiger partial charge is 0.140 e. The highest BCUT2D eigenvalue weighted by Crippen LogP contribution is 2.66. The lowest BCUT2D eigenvalue weighted by Crippen LogP contribution is -2.32. The molecule has 0 radical (unpaired) electrons. The Morgan fingerprint density at radius 2 is 0.865 bits per heavy atom. The monoisotopic (exact) mass is 975 g/mol. The highest BCUT2D eigenvalue weighted by molar-refractivity contribution is 7.99. The molecule has 13 aromatic rings. The van der Waals surface area contributed by atoms with Crippen molar-refractivity contribution >= 4 is 81.9 Å². The van der Waals surface area contributed by atoms with E-state index < -0.39 is 10.8 Å². The molecule has 0 amide bonds. The van der Waals surface area contributed by atoms with Crippen LogP contribution in [0.2, 0.25) is 0 Å². The van der Waals surface area contributed by atoms with Gasteiger partial charge in [-0.1, -0.05) is 200 Å². The third-order valence-corrected chi connectivity index (χ3v) is 19.0. The van der Waals surface area contributed by atoms with Gasteiger partial charge in [0.05, 0.1) is 16.5 Å². The number of ether oxygens (including phenoxy) is 1. The highest BCUT2D eigenvalue weighted by atomic mass is 32.2. The van der Waals surface area contributed by atoms with Gasteiger partial charge in [0.1, 0.15) is 11.5 Å². The molecule has 0 atom stereocenters. The number of thiophene rings is 1. The topological polar surface area (TPSA) is 12.5 Å². The fourth-order valence-corrected chi connectivity index (χ4v) is 16.2. The van der Waals surface area contributed by atoms with E-state index in [2.05, 4.69) is 254 Å². The normalized spacial score (nSPS) is 14.5. The maximum atomic E-state index is 7.50. The second-order valence-corrected chi connectivity index (χ2v) is 22.4. The van der Waals surface area contributed by atoms with Crippen LogP contribution in [-0.4, -0.2) is 0 Å². The van der Waals surface area contributed by atoms with Gasteiger partial charge in [0.2, 0.25) is 0 Å². The average Bonchev–Trinajstić information content (AvgIpc) is 4.10. The molecule has 0 unspecified atom stereocenters. The Morgan fingerprint density at radius 1 is 0.338 bits per heavy atom. The van der Waals surface area contributed by atoms with E-state index in [4.69, 9.17) is 4.74 Å².